The van der Waals surface area contributed by atoms with E-state index in [0.29, 0.717) is 0 Å². The molecule has 3 rings (SSSR count). The van der Waals surface area contributed by atoms with E-state index in [0.717, 1.165) is 24.3 Å². The summed E-state index contributed by atoms with van der Waals surface area (Å²) in [5, 5.41) is 0. The maximum Gasteiger partial charge on any atom is 0.127 e. The van der Waals surface area contributed by atoms with E-state index >= 15 is 0 Å². The molecule has 0 aliphatic carbocycles. The summed E-state index contributed by atoms with van der Waals surface area (Å²) in [6.45, 7) is 11.2. The summed E-state index contributed by atoms with van der Waals surface area (Å²) in [5.74, 6) is 0.918. The molecule has 3 aromatic rings. The van der Waals surface area contributed by atoms with Crippen LogP contribution in [0.15, 0.2) is 67.2 Å². The molecule has 30 heavy (non-hydrogen) atoms. The van der Waals surface area contributed by atoms with Crippen LogP contribution < -0.4 is 4.74 Å². The normalized spacial score (nSPS) is 11.0. The van der Waals surface area contributed by atoms with Crippen LogP contribution in [0.3, 0.4) is 0 Å². The van der Waals surface area contributed by atoms with Gasteiger partial charge in [-0.1, -0.05) is 93.1 Å². The van der Waals surface area contributed by atoms with Crippen LogP contribution in [-0.2, 0) is 0 Å². The Morgan fingerprint density at radius 1 is 0.833 bits per heavy atom. The molecule has 0 unspecified atom stereocenters. The lowest BCUT2D eigenvalue weighted by molar-refractivity contribution is 0.305. The highest BCUT2D eigenvalue weighted by molar-refractivity contribution is 5.79. The van der Waals surface area contributed by atoms with Crippen molar-refractivity contribution < 1.29 is 4.74 Å². The number of hydrogen-bond donors (Lipinski definition) is 0. The van der Waals surface area contributed by atoms with Crippen LogP contribution in [0.2, 0.25) is 0 Å². The number of hydrogen-bond acceptors (Lipinski definition) is 1. The molecule has 0 aromatic heterocycles. The van der Waals surface area contributed by atoms with Crippen molar-refractivity contribution in [3.63, 3.8) is 0 Å². The van der Waals surface area contributed by atoms with Gasteiger partial charge in [0.1, 0.15) is 5.75 Å². The molecule has 0 radical (unpaired) electrons. The second-order valence-electron chi connectivity index (χ2n) is 7.73. The minimum absolute atomic E-state index is 0.749. The molecular weight excluding hydrogens is 364 g/mol. The summed E-state index contributed by atoms with van der Waals surface area (Å²) in [5.41, 5.74) is 8.50. The van der Waals surface area contributed by atoms with Gasteiger partial charge in [0.15, 0.2) is 0 Å². The lowest BCUT2D eigenvalue weighted by Gasteiger charge is -2.13. The molecule has 0 saturated heterocycles. The van der Waals surface area contributed by atoms with Crippen LogP contribution in [0.5, 0.6) is 5.75 Å². The van der Waals surface area contributed by atoms with Gasteiger partial charge in [0.05, 0.1) is 6.61 Å². The predicted octanol–water partition coefficient (Wildman–Crippen LogP) is 8.35. The van der Waals surface area contributed by atoms with Gasteiger partial charge >= 0.3 is 0 Å². The van der Waals surface area contributed by atoms with E-state index in [-0.39, 0.29) is 0 Å². The van der Waals surface area contributed by atoms with Crippen LogP contribution in [0, 0.1) is 13.8 Å². The molecule has 154 valence electrons. The van der Waals surface area contributed by atoms with Crippen molar-refractivity contribution in [3.05, 3.63) is 95.1 Å². The van der Waals surface area contributed by atoms with Gasteiger partial charge in [0.25, 0.3) is 0 Å². The third kappa shape index (κ3) is 5.30. The maximum absolute atomic E-state index is 6.07. The molecule has 0 fully saturated rings. The Balaban J connectivity index is 1.88. The Bertz CT molecular complexity index is 1010. The molecule has 0 spiro atoms. The zero-order valence-corrected chi connectivity index (χ0v) is 18.4. The van der Waals surface area contributed by atoms with Gasteiger partial charge in [0.2, 0.25) is 0 Å². The fourth-order valence-electron chi connectivity index (χ4n) is 3.67. The molecule has 0 heterocycles. The molecule has 1 nitrogen and oxygen atoms in total. The first kappa shape index (κ1) is 21.6. The molecule has 0 aliphatic rings. The van der Waals surface area contributed by atoms with E-state index in [1.165, 1.54) is 46.2 Å². The van der Waals surface area contributed by atoms with Crippen LogP contribution in [0.25, 0.3) is 29.4 Å². The van der Waals surface area contributed by atoms with E-state index in [9.17, 15) is 0 Å². The highest BCUT2D eigenvalue weighted by atomic mass is 16.5. The first-order chi connectivity index (χ1) is 14.6. The van der Waals surface area contributed by atoms with E-state index in [1.54, 1.807) is 0 Å². The fraction of sp³-hybridized carbons (Fsp3) is 0.241. The quantitative estimate of drug-likeness (QED) is 0.261. The van der Waals surface area contributed by atoms with Crippen molar-refractivity contribution in [2.75, 3.05) is 6.61 Å². The molecule has 0 bridgehead atoms. The second-order valence-corrected chi connectivity index (χ2v) is 7.73. The predicted molar refractivity (Wildman–Crippen MR) is 132 cm³/mol. The molecular formula is C29H32O. The Hall–Kier alpha value is -3.06. The first-order valence-corrected chi connectivity index (χ1v) is 10.9. The van der Waals surface area contributed by atoms with Crippen LogP contribution >= 0.6 is 0 Å². The van der Waals surface area contributed by atoms with Crippen LogP contribution in [0.4, 0.5) is 0 Å². The highest BCUT2D eigenvalue weighted by Gasteiger charge is 2.07. The molecule has 0 aliphatic heterocycles. The van der Waals surface area contributed by atoms with E-state index in [1.807, 2.05) is 6.08 Å². The molecule has 0 atom stereocenters. The molecule has 3 aromatic carbocycles. The van der Waals surface area contributed by atoms with Crippen molar-refractivity contribution in [2.24, 2.45) is 0 Å². The van der Waals surface area contributed by atoms with E-state index in [4.69, 9.17) is 4.74 Å². The minimum Gasteiger partial charge on any atom is -0.493 e. The van der Waals surface area contributed by atoms with Crippen molar-refractivity contribution >= 4 is 18.2 Å². The molecule has 0 N–H and O–H groups in total. The van der Waals surface area contributed by atoms with Gasteiger partial charge in [-0.25, -0.2) is 0 Å². The fourth-order valence-corrected chi connectivity index (χ4v) is 3.67. The number of unbranched alkanes of at least 4 members (excludes halogenated alkanes) is 2. The Morgan fingerprint density at radius 3 is 2.33 bits per heavy atom. The average molecular weight is 397 g/mol. The highest BCUT2D eigenvalue weighted by Crippen LogP contribution is 2.29. The lowest BCUT2D eigenvalue weighted by Crippen LogP contribution is -2.00. The first-order valence-electron chi connectivity index (χ1n) is 10.9. The van der Waals surface area contributed by atoms with Gasteiger partial charge in [-0.15, -0.1) is 0 Å². The largest absolute Gasteiger partial charge is 0.493 e. The van der Waals surface area contributed by atoms with Crippen molar-refractivity contribution in [3.8, 4) is 16.9 Å². The third-order valence-corrected chi connectivity index (χ3v) is 5.53. The summed E-state index contributed by atoms with van der Waals surface area (Å²) in [6.07, 6.45) is 9.75. The summed E-state index contributed by atoms with van der Waals surface area (Å²) in [6, 6.07) is 21.4. The van der Waals surface area contributed by atoms with Gasteiger partial charge in [-0.2, -0.15) is 0 Å². The van der Waals surface area contributed by atoms with E-state index in [2.05, 4.69) is 100 Å². The smallest absolute Gasteiger partial charge is 0.127 e. The van der Waals surface area contributed by atoms with E-state index < -0.39 is 0 Å². The molecule has 0 saturated carbocycles. The summed E-state index contributed by atoms with van der Waals surface area (Å²) < 4.78 is 6.07. The second kappa shape index (κ2) is 10.6. The average Bonchev–Trinajstić information content (AvgIpc) is 2.77. The van der Waals surface area contributed by atoms with Crippen molar-refractivity contribution in [1.82, 2.24) is 0 Å². The monoisotopic (exact) mass is 396 g/mol. The van der Waals surface area contributed by atoms with Crippen molar-refractivity contribution in [2.45, 2.75) is 40.0 Å². The Labute approximate surface area is 181 Å². The number of aryl methyl sites for hydroxylation is 1. The Morgan fingerprint density at radius 2 is 1.60 bits per heavy atom. The summed E-state index contributed by atoms with van der Waals surface area (Å²) in [7, 11) is 0. The maximum atomic E-state index is 6.07. The molecule has 1 heteroatoms. The number of benzene rings is 3. The number of rotatable bonds is 9. The summed E-state index contributed by atoms with van der Waals surface area (Å²) >= 11 is 0. The van der Waals surface area contributed by atoms with Gasteiger partial charge in [0, 0.05) is 5.56 Å². The minimum atomic E-state index is 0.749. The van der Waals surface area contributed by atoms with Crippen molar-refractivity contribution in [1.29, 1.82) is 0 Å². The van der Waals surface area contributed by atoms with Gasteiger partial charge in [-0.3, -0.25) is 0 Å². The topological polar surface area (TPSA) is 9.23 Å². The zero-order chi connectivity index (χ0) is 21.3. The van der Waals surface area contributed by atoms with Crippen LogP contribution in [-0.4, -0.2) is 6.61 Å². The summed E-state index contributed by atoms with van der Waals surface area (Å²) in [4.78, 5) is 0. The third-order valence-electron chi connectivity index (χ3n) is 5.53. The van der Waals surface area contributed by atoms with Gasteiger partial charge in [-0.05, 0) is 65.8 Å². The lowest BCUT2D eigenvalue weighted by atomic mass is 9.95. The Kier molecular flexibility index (Phi) is 7.68. The number of ether oxygens (including phenoxy) is 1. The SMILES string of the molecule is C=Cc1cc(C)c(/C=C/c2cccc(-c3ccccc3)c2C)cc1OCCCCC. The van der Waals surface area contributed by atoms with Crippen LogP contribution in [0.1, 0.15) is 54.0 Å². The molecule has 0 amide bonds. The van der Waals surface area contributed by atoms with Gasteiger partial charge < -0.3 is 4.74 Å². The standard InChI is InChI=1S/C29H32O/c1-5-7-11-19-30-29-21-27(22(3)20-24(29)6-2)18-17-25-15-12-16-28(23(25)4)26-13-9-8-10-14-26/h6,8-10,12-18,20-21H,2,5,7,11,19H2,1,3-4H3/b18-17+. The zero-order valence-electron chi connectivity index (χ0n) is 18.4.